The van der Waals surface area contributed by atoms with Crippen LogP contribution >= 0.6 is 7.82 Å². The van der Waals surface area contributed by atoms with Crippen molar-refractivity contribution in [3.8, 4) is 5.75 Å². The van der Waals surface area contributed by atoms with Gasteiger partial charge in [0.1, 0.15) is 13.6 Å². The molecule has 0 aromatic heterocycles. The smallest absolute Gasteiger partial charge is 0.780 e. The Morgan fingerprint density at radius 2 is 1.67 bits per heavy atom. The second-order valence-electron chi connectivity index (χ2n) is 5.58. The van der Waals surface area contributed by atoms with Crippen LogP contribution < -0.4 is 117 Å². The summed E-state index contributed by atoms with van der Waals surface area (Å²) in [5.74, 6) is 1.15. The maximum absolute atomic E-state index is 11.0. The standard InChI is InChI=1S/C14H21O4P.2K/c1-9(2)12-5-4-6-13(10(3)11-7-8-11)14(12)18-19(15,16)17;;/h4-6,9-11H,7-8H2,1-3H3,(H2,15,16,17);;/q;2*+1/p-2. The molecule has 1 aliphatic rings. The van der Waals surface area contributed by atoms with Crippen molar-refractivity contribution in [1.29, 1.82) is 0 Å². The van der Waals surface area contributed by atoms with E-state index in [1.54, 1.807) is 0 Å². The zero-order valence-electron chi connectivity index (χ0n) is 13.5. The quantitative estimate of drug-likeness (QED) is 0.404. The van der Waals surface area contributed by atoms with Crippen molar-refractivity contribution >= 4 is 7.82 Å². The molecule has 0 amide bonds. The van der Waals surface area contributed by atoms with Crippen LogP contribution in [0, 0.1) is 5.92 Å². The van der Waals surface area contributed by atoms with Gasteiger partial charge >= 0.3 is 103 Å². The van der Waals surface area contributed by atoms with E-state index in [9.17, 15) is 14.4 Å². The summed E-state index contributed by atoms with van der Waals surface area (Å²) in [7, 11) is -5.03. The first-order valence-corrected chi connectivity index (χ1v) is 8.10. The molecule has 0 spiro atoms. The van der Waals surface area contributed by atoms with Crippen LogP contribution in [0.25, 0.3) is 0 Å². The molecule has 0 saturated heterocycles. The minimum atomic E-state index is -5.03. The van der Waals surface area contributed by atoms with E-state index in [4.69, 9.17) is 4.52 Å². The van der Waals surface area contributed by atoms with Gasteiger partial charge in [-0.2, -0.15) is 0 Å². The second-order valence-corrected chi connectivity index (χ2v) is 6.66. The predicted molar refractivity (Wildman–Crippen MR) is 69.9 cm³/mol. The molecule has 0 aliphatic heterocycles. The summed E-state index contributed by atoms with van der Waals surface area (Å²) in [4.78, 5) is 22.0. The van der Waals surface area contributed by atoms with Crippen LogP contribution in [0.3, 0.4) is 0 Å². The van der Waals surface area contributed by atoms with Gasteiger partial charge in [-0.05, 0) is 41.7 Å². The Balaban J connectivity index is 0.00000200. The molecule has 0 N–H and O–H groups in total. The van der Waals surface area contributed by atoms with Gasteiger partial charge in [0.2, 0.25) is 0 Å². The first kappa shape index (κ1) is 23.4. The van der Waals surface area contributed by atoms with Gasteiger partial charge in [-0.25, -0.2) is 0 Å². The third-order valence-electron chi connectivity index (χ3n) is 3.72. The van der Waals surface area contributed by atoms with E-state index < -0.39 is 7.82 Å². The van der Waals surface area contributed by atoms with E-state index in [-0.39, 0.29) is 120 Å². The topological polar surface area (TPSA) is 72.4 Å². The summed E-state index contributed by atoms with van der Waals surface area (Å²) in [6, 6.07) is 5.58. The number of rotatable bonds is 5. The van der Waals surface area contributed by atoms with E-state index in [1.165, 1.54) is 0 Å². The fourth-order valence-corrected chi connectivity index (χ4v) is 2.89. The zero-order chi connectivity index (χ0) is 14.2. The largest absolute Gasteiger partial charge is 1.00 e. The molecule has 0 radical (unpaired) electrons. The number of phosphoric ester groups is 1. The zero-order valence-corrected chi connectivity index (χ0v) is 20.6. The molecule has 21 heavy (non-hydrogen) atoms. The fraction of sp³-hybridized carbons (Fsp3) is 0.571. The van der Waals surface area contributed by atoms with Crippen molar-refractivity contribution < 1.29 is 122 Å². The average Bonchev–Trinajstić information content (AvgIpc) is 3.09. The van der Waals surface area contributed by atoms with Gasteiger partial charge in [0.15, 0.2) is 0 Å². The van der Waals surface area contributed by atoms with E-state index in [0.717, 1.165) is 24.0 Å². The Kier molecular flexibility index (Phi) is 10.9. The molecular formula is C14H19K2O4P. The molecule has 1 atom stereocenters. The summed E-state index contributed by atoms with van der Waals surface area (Å²) in [5.41, 5.74) is 1.61. The van der Waals surface area contributed by atoms with Crippen LogP contribution in [-0.2, 0) is 4.57 Å². The van der Waals surface area contributed by atoms with Crippen molar-refractivity contribution in [3.63, 3.8) is 0 Å². The van der Waals surface area contributed by atoms with Crippen LogP contribution in [0.4, 0.5) is 0 Å². The Bertz CT molecular complexity index is 512. The molecule has 2 rings (SSSR count). The van der Waals surface area contributed by atoms with Crippen LogP contribution in [0.2, 0.25) is 0 Å². The van der Waals surface area contributed by atoms with E-state index in [2.05, 4.69) is 6.92 Å². The minimum Gasteiger partial charge on any atom is -0.780 e. The van der Waals surface area contributed by atoms with Crippen molar-refractivity contribution in [2.24, 2.45) is 5.92 Å². The molecule has 1 fully saturated rings. The van der Waals surface area contributed by atoms with Gasteiger partial charge in [0.05, 0.1) is 0 Å². The van der Waals surface area contributed by atoms with E-state index in [0.29, 0.717) is 5.92 Å². The number of hydrogen-bond donors (Lipinski definition) is 0. The summed E-state index contributed by atoms with van der Waals surface area (Å²) >= 11 is 0. The Labute approximate surface area is 211 Å². The third-order valence-corrected chi connectivity index (χ3v) is 4.13. The molecule has 7 heteroatoms. The molecule has 1 saturated carbocycles. The summed E-state index contributed by atoms with van der Waals surface area (Å²) in [5, 5.41) is 0. The molecule has 1 aliphatic carbocycles. The van der Waals surface area contributed by atoms with Crippen molar-refractivity contribution in [2.45, 2.75) is 45.4 Å². The van der Waals surface area contributed by atoms with E-state index >= 15 is 0 Å². The van der Waals surface area contributed by atoms with Crippen LogP contribution in [0.15, 0.2) is 18.2 Å². The van der Waals surface area contributed by atoms with E-state index in [1.807, 2.05) is 32.0 Å². The van der Waals surface area contributed by atoms with Crippen LogP contribution in [-0.4, -0.2) is 0 Å². The number of benzene rings is 1. The number of phosphoric acid groups is 1. The maximum atomic E-state index is 11.0. The van der Waals surface area contributed by atoms with Crippen molar-refractivity contribution in [3.05, 3.63) is 29.3 Å². The number of para-hydroxylation sites is 1. The number of hydrogen-bond acceptors (Lipinski definition) is 4. The third kappa shape index (κ3) is 7.06. The van der Waals surface area contributed by atoms with Gasteiger partial charge in [-0.3, -0.25) is 0 Å². The Morgan fingerprint density at radius 3 is 2.10 bits per heavy atom. The van der Waals surface area contributed by atoms with Crippen molar-refractivity contribution in [1.82, 2.24) is 0 Å². The van der Waals surface area contributed by atoms with Crippen LogP contribution in [0.5, 0.6) is 5.75 Å². The SMILES string of the molecule is CC(C)c1cccc(C(C)C2CC2)c1OP(=O)([O-])[O-].[K+].[K+]. The molecule has 0 heterocycles. The van der Waals surface area contributed by atoms with Crippen molar-refractivity contribution in [2.75, 3.05) is 0 Å². The maximum Gasteiger partial charge on any atom is 1.00 e. The van der Waals surface area contributed by atoms with Gasteiger partial charge in [0.25, 0.3) is 0 Å². The molecule has 1 unspecified atom stereocenters. The summed E-state index contributed by atoms with van der Waals surface area (Å²) in [6.07, 6.45) is 2.30. The Hall–Kier alpha value is 2.44. The Morgan fingerprint density at radius 1 is 1.14 bits per heavy atom. The van der Waals surface area contributed by atoms with Gasteiger partial charge in [0, 0.05) is 0 Å². The van der Waals surface area contributed by atoms with Gasteiger partial charge in [-0.15, -0.1) is 0 Å². The molecular weight excluding hydrogens is 341 g/mol. The molecule has 0 bridgehead atoms. The summed E-state index contributed by atoms with van der Waals surface area (Å²) in [6.45, 7) is 5.97. The first-order chi connectivity index (χ1) is 8.79. The molecule has 1 aromatic carbocycles. The van der Waals surface area contributed by atoms with Crippen LogP contribution in [0.1, 0.15) is 56.6 Å². The van der Waals surface area contributed by atoms with Gasteiger partial charge < -0.3 is 18.9 Å². The fourth-order valence-electron chi connectivity index (χ4n) is 2.45. The molecule has 4 nitrogen and oxygen atoms in total. The molecule has 1 aromatic rings. The molecule has 106 valence electrons. The summed E-state index contributed by atoms with van der Waals surface area (Å²) < 4.78 is 15.8. The second kappa shape index (κ2) is 9.80. The minimum absolute atomic E-state index is 0. The normalized spacial score (nSPS) is 15.9. The predicted octanol–water partition coefficient (Wildman–Crippen LogP) is -3.46. The first-order valence-electron chi connectivity index (χ1n) is 6.64. The monoisotopic (exact) mass is 360 g/mol. The average molecular weight is 360 g/mol. The van der Waals surface area contributed by atoms with Gasteiger partial charge in [-0.1, -0.05) is 39.0 Å².